The molecule has 0 radical (unpaired) electrons. The lowest BCUT2D eigenvalue weighted by atomic mass is 9.97. The van der Waals surface area contributed by atoms with E-state index in [1.165, 1.54) is 11.6 Å². The number of fused-ring (bicyclic) bond motifs is 1. The topological polar surface area (TPSA) is 9.23 Å². The Morgan fingerprint density at radius 2 is 1.81 bits per heavy atom. The first-order valence-corrected chi connectivity index (χ1v) is 7.51. The molecule has 21 heavy (non-hydrogen) atoms. The highest BCUT2D eigenvalue weighted by Gasteiger charge is 2.30. The predicted octanol–water partition coefficient (Wildman–Crippen LogP) is 5.18. The lowest BCUT2D eigenvalue weighted by molar-refractivity contribution is 0.138. The lowest BCUT2D eigenvalue weighted by Crippen LogP contribution is -2.24. The van der Waals surface area contributed by atoms with E-state index in [1.807, 2.05) is 12.1 Å². The van der Waals surface area contributed by atoms with Crippen molar-refractivity contribution in [1.29, 1.82) is 0 Å². The van der Waals surface area contributed by atoms with E-state index in [9.17, 15) is 4.39 Å². The van der Waals surface area contributed by atoms with Crippen molar-refractivity contribution in [3.8, 4) is 5.75 Å². The Labute approximate surface area is 129 Å². The van der Waals surface area contributed by atoms with Gasteiger partial charge in [-0.3, -0.25) is 0 Å². The minimum Gasteiger partial charge on any atom is -0.487 e. The Kier molecular flexibility index (Phi) is 3.45. The summed E-state index contributed by atoms with van der Waals surface area (Å²) in [6, 6.07) is 11.1. The van der Waals surface area contributed by atoms with E-state index < -0.39 is 0 Å². The highest BCUT2D eigenvalue weighted by molar-refractivity contribution is 6.22. The molecule has 1 aliphatic rings. The zero-order valence-electron chi connectivity index (χ0n) is 12.4. The van der Waals surface area contributed by atoms with Crippen LogP contribution in [-0.4, -0.2) is 5.60 Å². The molecular formula is C18H18ClFO. The average Bonchev–Trinajstić information content (AvgIpc) is 2.73. The van der Waals surface area contributed by atoms with E-state index in [0.29, 0.717) is 5.56 Å². The van der Waals surface area contributed by atoms with Gasteiger partial charge in [-0.05, 0) is 55.2 Å². The van der Waals surface area contributed by atoms with Crippen molar-refractivity contribution in [1.82, 2.24) is 0 Å². The molecule has 1 atom stereocenters. The first kappa shape index (κ1) is 14.4. The van der Waals surface area contributed by atoms with Gasteiger partial charge in [0.2, 0.25) is 0 Å². The second-order valence-corrected chi connectivity index (χ2v) is 6.71. The van der Waals surface area contributed by atoms with Crippen molar-refractivity contribution in [2.45, 2.75) is 38.2 Å². The van der Waals surface area contributed by atoms with Gasteiger partial charge in [-0.15, -0.1) is 11.6 Å². The van der Waals surface area contributed by atoms with Crippen LogP contribution in [0.25, 0.3) is 0 Å². The van der Waals surface area contributed by atoms with Crippen molar-refractivity contribution in [2.75, 3.05) is 0 Å². The first-order valence-electron chi connectivity index (χ1n) is 7.08. The van der Waals surface area contributed by atoms with E-state index in [0.717, 1.165) is 23.3 Å². The van der Waals surface area contributed by atoms with E-state index in [-0.39, 0.29) is 16.8 Å². The van der Waals surface area contributed by atoms with Crippen LogP contribution in [-0.2, 0) is 6.42 Å². The smallest absolute Gasteiger partial charge is 0.126 e. The summed E-state index contributed by atoms with van der Waals surface area (Å²) in [4.78, 5) is 0. The number of rotatable bonds is 2. The van der Waals surface area contributed by atoms with Gasteiger partial charge in [0.15, 0.2) is 0 Å². The third kappa shape index (κ3) is 2.77. The van der Waals surface area contributed by atoms with Gasteiger partial charge < -0.3 is 4.74 Å². The molecule has 0 spiro atoms. The molecule has 0 bridgehead atoms. The average molecular weight is 305 g/mol. The Morgan fingerprint density at radius 3 is 2.52 bits per heavy atom. The molecule has 0 saturated heterocycles. The summed E-state index contributed by atoms with van der Waals surface area (Å²) in [6.07, 6.45) is 0.877. The van der Waals surface area contributed by atoms with Crippen LogP contribution in [0, 0.1) is 12.7 Å². The molecule has 3 heteroatoms. The molecule has 2 aromatic carbocycles. The number of aryl methyl sites for hydroxylation is 1. The predicted molar refractivity (Wildman–Crippen MR) is 83.7 cm³/mol. The number of hydrogen-bond donors (Lipinski definition) is 0. The molecule has 2 aromatic rings. The molecule has 1 heterocycles. The fourth-order valence-corrected chi connectivity index (χ4v) is 3.08. The summed E-state index contributed by atoms with van der Waals surface area (Å²) >= 11 is 6.57. The fourth-order valence-electron chi connectivity index (χ4n) is 2.81. The fraction of sp³-hybridized carbons (Fsp3) is 0.333. The molecular weight excluding hydrogens is 287 g/mol. The maximum atomic E-state index is 13.4. The number of benzene rings is 2. The van der Waals surface area contributed by atoms with Crippen LogP contribution in [0.4, 0.5) is 4.39 Å². The number of hydrogen-bond acceptors (Lipinski definition) is 1. The van der Waals surface area contributed by atoms with Gasteiger partial charge in [-0.1, -0.05) is 24.3 Å². The minimum absolute atomic E-state index is 0.158. The Hall–Kier alpha value is -1.54. The van der Waals surface area contributed by atoms with Gasteiger partial charge in [0.25, 0.3) is 0 Å². The van der Waals surface area contributed by atoms with Gasteiger partial charge >= 0.3 is 0 Å². The van der Waals surface area contributed by atoms with Crippen LogP contribution in [0.5, 0.6) is 5.75 Å². The number of ether oxygens (including phenoxy) is 1. The summed E-state index contributed by atoms with van der Waals surface area (Å²) < 4.78 is 19.2. The summed E-state index contributed by atoms with van der Waals surface area (Å²) in [6.45, 7) is 5.91. The van der Waals surface area contributed by atoms with Crippen molar-refractivity contribution < 1.29 is 9.13 Å². The normalized spacial score (nSPS) is 17.2. The second kappa shape index (κ2) is 5.03. The Morgan fingerprint density at radius 1 is 1.14 bits per heavy atom. The van der Waals surface area contributed by atoms with Crippen LogP contribution in [0.15, 0.2) is 36.4 Å². The van der Waals surface area contributed by atoms with Crippen molar-refractivity contribution in [2.24, 2.45) is 0 Å². The monoisotopic (exact) mass is 304 g/mol. The molecule has 0 fully saturated rings. The zero-order valence-corrected chi connectivity index (χ0v) is 13.2. The molecule has 1 aliphatic heterocycles. The SMILES string of the molecule is Cc1cc(C(Cl)c2ccc3c(c2)CC(C)(C)O3)ccc1F. The summed E-state index contributed by atoms with van der Waals surface area (Å²) in [5.41, 5.74) is 3.57. The molecule has 1 unspecified atom stereocenters. The van der Waals surface area contributed by atoms with E-state index in [4.69, 9.17) is 16.3 Å². The van der Waals surface area contributed by atoms with E-state index in [2.05, 4.69) is 19.9 Å². The summed E-state index contributed by atoms with van der Waals surface area (Å²) in [5, 5.41) is -0.279. The summed E-state index contributed by atoms with van der Waals surface area (Å²) in [7, 11) is 0. The highest BCUT2D eigenvalue weighted by atomic mass is 35.5. The molecule has 0 aliphatic carbocycles. The quantitative estimate of drug-likeness (QED) is 0.695. The minimum atomic E-state index is -0.279. The van der Waals surface area contributed by atoms with Crippen LogP contribution in [0.2, 0.25) is 0 Å². The maximum Gasteiger partial charge on any atom is 0.126 e. The number of alkyl halides is 1. The molecule has 110 valence electrons. The molecule has 0 saturated carbocycles. The third-order valence-electron chi connectivity index (χ3n) is 3.85. The third-order valence-corrected chi connectivity index (χ3v) is 4.36. The highest BCUT2D eigenvalue weighted by Crippen LogP contribution is 2.38. The summed E-state index contributed by atoms with van der Waals surface area (Å²) in [5.74, 6) is 0.731. The van der Waals surface area contributed by atoms with E-state index in [1.54, 1.807) is 19.1 Å². The number of halogens is 2. The standard InChI is InChI=1S/C18H18ClFO/c1-11-8-12(4-6-15(11)20)17(19)13-5-7-16-14(9-13)10-18(2,3)21-16/h4-9,17H,10H2,1-3H3. The van der Waals surface area contributed by atoms with Crippen molar-refractivity contribution in [3.63, 3.8) is 0 Å². The molecule has 3 rings (SSSR count). The Balaban J connectivity index is 1.93. The molecule has 0 aromatic heterocycles. The Bertz CT molecular complexity index is 694. The van der Waals surface area contributed by atoms with Crippen molar-refractivity contribution >= 4 is 11.6 Å². The van der Waals surface area contributed by atoms with Gasteiger partial charge in [0, 0.05) is 6.42 Å². The van der Waals surface area contributed by atoms with Gasteiger partial charge in [-0.2, -0.15) is 0 Å². The maximum absolute atomic E-state index is 13.4. The van der Waals surface area contributed by atoms with E-state index >= 15 is 0 Å². The van der Waals surface area contributed by atoms with Crippen LogP contribution < -0.4 is 4.74 Å². The van der Waals surface area contributed by atoms with Crippen LogP contribution in [0.3, 0.4) is 0 Å². The molecule has 0 N–H and O–H groups in total. The molecule has 0 amide bonds. The lowest BCUT2D eigenvalue weighted by Gasteiger charge is -2.16. The largest absolute Gasteiger partial charge is 0.487 e. The first-order chi connectivity index (χ1) is 9.85. The van der Waals surface area contributed by atoms with Crippen LogP contribution >= 0.6 is 11.6 Å². The zero-order chi connectivity index (χ0) is 15.2. The van der Waals surface area contributed by atoms with Gasteiger partial charge in [0.05, 0.1) is 5.38 Å². The van der Waals surface area contributed by atoms with Gasteiger partial charge in [0.1, 0.15) is 17.2 Å². The second-order valence-electron chi connectivity index (χ2n) is 6.28. The molecule has 1 nitrogen and oxygen atoms in total. The van der Waals surface area contributed by atoms with Crippen LogP contribution in [0.1, 0.15) is 41.5 Å². The van der Waals surface area contributed by atoms with Crippen molar-refractivity contribution in [3.05, 3.63) is 64.5 Å². The van der Waals surface area contributed by atoms with Gasteiger partial charge in [-0.25, -0.2) is 4.39 Å².